The maximum absolute atomic E-state index is 13.7. The van der Waals surface area contributed by atoms with E-state index in [0.717, 1.165) is 16.9 Å². The molecule has 0 atom stereocenters. The van der Waals surface area contributed by atoms with Gasteiger partial charge >= 0.3 is 0 Å². The monoisotopic (exact) mass is 370 g/mol. The lowest BCUT2D eigenvalue weighted by Crippen LogP contribution is -2.15. The average molecular weight is 370 g/mol. The van der Waals surface area contributed by atoms with Crippen LogP contribution in [0.15, 0.2) is 52.7 Å². The molecule has 0 amide bonds. The third-order valence-corrected chi connectivity index (χ3v) is 5.33. The lowest BCUT2D eigenvalue weighted by molar-refractivity contribution is 0.432. The largest absolute Gasteiger partial charge is 0.266 e. The molecule has 3 rings (SSSR count). The molecule has 24 heavy (non-hydrogen) atoms. The number of rotatable bonds is 4. The van der Waals surface area contributed by atoms with Gasteiger partial charge in [0, 0.05) is 10.9 Å². The number of thiazole rings is 1. The summed E-state index contributed by atoms with van der Waals surface area (Å²) in [6.45, 7) is 0. The van der Waals surface area contributed by atoms with Gasteiger partial charge in [-0.15, -0.1) is 11.3 Å². The molecule has 1 N–H and O–H groups in total. The minimum atomic E-state index is -4.44. The van der Waals surface area contributed by atoms with Crippen LogP contribution in [0.3, 0.4) is 0 Å². The Bertz CT molecular complexity index is 989. The SMILES string of the molecule is O=S(=O)(Nc1nc(-c2ccccc2)cs1)c1ccc(F)c(F)c1F. The third kappa shape index (κ3) is 3.13. The fourth-order valence-electron chi connectivity index (χ4n) is 1.95. The number of hydrogen-bond acceptors (Lipinski definition) is 4. The number of halogens is 3. The fraction of sp³-hybridized carbons (Fsp3) is 0. The van der Waals surface area contributed by atoms with Crippen molar-refractivity contribution in [1.82, 2.24) is 4.98 Å². The van der Waals surface area contributed by atoms with Gasteiger partial charge in [0.15, 0.2) is 22.6 Å². The molecule has 4 nitrogen and oxygen atoms in total. The molecule has 1 aromatic heterocycles. The molecule has 3 aromatic rings. The van der Waals surface area contributed by atoms with Crippen molar-refractivity contribution in [2.45, 2.75) is 4.90 Å². The Balaban J connectivity index is 1.91. The van der Waals surface area contributed by atoms with Gasteiger partial charge in [-0.25, -0.2) is 26.6 Å². The number of benzene rings is 2. The number of sulfonamides is 1. The Labute approximate surface area is 139 Å². The molecule has 124 valence electrons. The molecule has 0 aliphatic rings. The van der Waals surface area contributed by atoms with E-state index in [-0.39, 0.29) is 5.13 Å². The van der Waals surface area contributed by atoms with Gasteiger partial charge in [0.1, 0.15) is 4.90 Å². The van der Waals surface area contributed by atoms with Gasteiger partial charge < -0.3 is 0 Å². The normalized spacial score (nSPS) is 11.5. The zero-order valence-electron chi connectivity index (χ0n) is 11.8. The second-order valence-corrected chi connectivity index (χ2v) is 7.19. The summed E-state index contributed by atoms with van der Waals surface area (Å²) in [5.41, 5.74) is 1.31. The van der Waals surface area contributed by atoms with Gasteiger partial charge in [0.05, 0.1) is 5.69 Å². The molecule has 0 unspecified atom stereocenters. The molecule has 0 aliphatic carbocycles. The highest BCUT2D eigenvalue weighted by Gasteiger charge is 2.25. The Morgan fingerprint density at radius 1 is 0.958 bits per heavy atom. The van der Waals surface area contributed by atoms with E-state index in [1.54, 1.807) is 29.6 Å². The maximum Gasteiger partial charge on any atom is 0.266 e. The van der Waals surface area contributed by atoms with Crippen LogP contribution in [0.5, 0.6) is 0 Å². The highest BCUT2D eigenvalue weighted by Crippen LogP contribution is 2.27. The zero-order chi connectivity index (χ0) is 17.3. The summed E-state index contributed by atoms with van der Waals surface area (Å²) in [5, 5.41) is 1.60. The van der Waals surface area contributed by atoms with Crippen LogP contribution in [-0.4, -0.2) is 13.4 Å². The second kappa shape index (κ2) is 6.25. The van der Waals surface area contributed by atoms with Crippen LogP contribution in [0.1, 0.15) is 0 Å². The molecule has 2 aromatic carbocycles. The standard InChI is InChI=1S/C15H9F3N2O2S2/c16-10-6-7-12(14(18)13(10)17)24(21,22)20-15-19-11(8-23-15)9-4-2-1-3-5-9/h1-8H,(H,19,20). The zero-order valence-corrected chi connectivity index (χ0v) is 13.5. The smallest absolute Gasteiger partial charge is 0.255 e. The molecular formula is C15H9F3N2O2S2. The van der Waals surface area contributed by atoms with Crippen LogP contribution in [0.4, 0.5) is 18.3 Å². The van der Waals surface area contributed by atoms with Crippen molar-refractivity contribution in [1.29, 1.82) is 0 Å². The van der Waals surface area contributed by atoms with E-state index >= 15 is 0 Å². The molecule has 0 spiro atoms. The van der Waals surface area contributed by atoms with E-state index in [1.807, 2.05) is 6.07 Å². The van der Waals surface area contributed by atoms with Crippen LogP contribution in [0.2, 0.25) is 0 Å². The van der Waals surface area contributed by atoms with E-state index in [4.69, 9.17) is 0 Å². The van der Waals surface area contributed by atoms with Gasteiger partial charge in [-0.1, -0.05) is 30.3 Å². The maximum atomic E-state index is 13.7. The number of anilines is 1. The first-order chi connectivity index (χ1) is 11.4. The van der Waals surface area contributed by atoms with Crippen molar-refractivity contribution in [3.8, 4) is 11.3 Å². The molecule has 0 aliphatic heterocycles. The Hall–Kier alpha value is -2.39. The predicted molar refractivity (Wildman–Crippen MR) is 84.7 cm³/mol. The van der Waals surface area contributed by atoms with E-state index in [1.165, 1.54) is 0 Å². The van der Waals surface area contributed by atoms with Crippen LogP contribution in [0, 0.1) is 17.5 Å². The Morgan fingerprint density at radius 3 is 2.38 bits per heavy atom. The van der Waals surface area contributed by atoms with Gasteiger partial charge in [0.25, 0.3) is 10.0 Å². The van der Waals surface area contributed by atoms with Crippen molar-refractivity contribution < 1.29 is 21.6 Å². The van der Waals surface area contributed by atoms with Gasteiger partial charge in [-0.3, -0.25) is 4.72 Å². The minimum absolute atomic E-state index is 0.0158. The number of nitrogens with one attached hydrogen (secondary N) is 1. The highest BCUT2D eigenvalue weighted by atomic mass is 32.2. The van der Waals surface area contributed by atoms with Gasteiger partial charge in [-0.05, 0) is 12.1 Å². The molecule has 0 saturated carbocycles. The van der Waals surface area contributed by atoms with Crippen LogP contribution < -0.4 is 4.72 Å². The molecule has 0 fully saturated rings. The van der Waals surface area contributed by atoms with E-state index in [2.05, 4.69) is 9.71 Å². The summed E-state index contributed by atoms with van der Waals surface area (Å²) >= 11 is 0.987. The lowest BCUT2D eigenvalue weighted by atomic mass is 10.2. The second-order valence-electron chi connectivity index (χ2n) is 4.68. The highest BCUT2D eigenvalue weighted by molar-refractivity contribution is 7.93. The summed E-state index contributed by atoms with van der Waals surface area (Å²) in [7, 11) is -4.44. The van der Waals surface area contributed by atoms with Crippen molar-refractivity contribution >= 4 is 26.5 Å². The Morgan fingerprint density at radius 2 is 1.67 bits per heavy atom. The van der Waals surface area contributed by atoms with Crippen LogP contribution in [-0.2, 0) is 10.0 Å². The van der Waals surface area contributed by atoms with E-state index in [0.29, 0.717) is 17.8 Å². The van der Waals surface area contributed by atoms with Gasteiger partial charge in [0.2, 0.25) is 0 Å². The predicted octanol–water partition coefficient (Wildman–Crippen LogP) is 4.03. The van der Waals surface area contributed by atoms with Crippen LogP contribution >= 0.6 is 11.3 Å². The number of nitrogens with zero attached hydrogens (tertiary/aromatic N) is 1. The number of hydrogen-bond donors (Lipinski definition) is 1. The van der Waals surface area contributed by atoms with E-state index in [9.17, 15) is 21.6 Å². The first-order valence-electron chi connectivity index (χ1n) is 6.56. The molecular weight excluding hydrogens is 361 g/mol. The molecule has 9 heteroatoms. The number of aromatic nitrogens is 1. The fourth-order valence-corrected chi connectivity index (χ4v) is 3.99. The molecule has 0 bridgehead atoms. The van der Waals surface area contributed by atoms with Crippen LogP contribution in [0.25, 0.3) is 11.3 Å². The van der Waals surface area contributed by atoms with Crippen molar-refractivity contribution in [3.05, 3.63) is 65.3 Å². The molecule has 0 radical (unpaired) electrons. The van der Waals surface area contributed by atoms with Gasteiger partial charge in [-0.2, -0.15) is 0 Å². The topological polar surface area (TPSA) is 59.1 Å². The quantitative estimate of drug-likeness (QED) is 0.706. The summed E-state index contributed by atoms with van der Waals surface area (Å²) in [6, 6.07) is 10.2. The van der Waals surface area contributed by atoms with Crippen molar-refractivity contribution in [2.24, 2.45) is 0 Å². The molecule has 1 heterocycles. The summed E-state index contributed by atoms with van der Waals surface area (Å²) in [4.78, 5) is 3.11. The van der Waals surface area contributed by atoms with Crippen molar-refractivity contribution in [2.75, 3.05) is 4.72 Å². The van der Waals surface area contributed by atoms with E-state index < -0.39 is 32.4 Å². The lowest BCUT2D eigenvalue weighted by Gasteiger charge is -2.07. The molecule has 0 saturated heterocycles. The first kappa shape index (κ1) is 16.5. The summed E-state index contributed by atoms with van der Waals surface area (Å²) < 4.78 is 66.2. The summed E-state index contributed by atoms with van der Waals surface area (Å²) in [5.74, 6) is -5.09. The Kier molecular flexibility index (Phi) is 4.29. The average Bonchev–Trinajstić information content (AvgIpc) is 3.01. The summed E-state index contributed by atoms with van der Waals surface area (Å²) in [6.07, 6.45) is 0. The van der Waals surface area contributed by atoms with Crippen molar-refractivity contribution in [3.63, 3.8) is 0 Å². The minimum Gasteiger partial charge on any atom is -0.255 e. The first-order valence-corrected chi connectivity index (χ1v) is 8.92. The third-order valence-electron chi connectivity index (χ3n) is 3.08.